The first kappa shape index (κ1) is 9.35. The summed E-state index contributed by atoms with van der Waals surface area (Å²) < 4.78 is 34.5. The van der Waals surface area contributed by atoms with E-state index >= 15 is 0 Å². The zero-order chi connectivity index (χ0) is 9.53. The van der Waals surface area contributed by atoms with E-state index in [9.17, 15) is 8.42 Å². The van der Waals surface area contributed by atoms with E-state index in [0.717, 1.165) is 19.6 Å². The van der Waals surface area contributed by atoms with Crippen LogP contribution in [-0.4, -0.2) is 61.8 Å². The number of quaternary nitrogens is 1. The van der Waals surface area contributed by atoms with Crippen LogP contribution in [0, 0.1) is 0 Å². The Kier molecular flexibility index (Phi) is 2.08. The van der Waals surface area contributed by atoms with Crippen molar-refractivity contribution in [1.29, 1.82) is 0 Å². The van der Waals surface area contributed by atoms with Gasteiger partial charge in [-0.2, -0.15) is 13.1 Å². The third kappa shape index (κ3) is 2.00. The number of piperazine rings is 3. The van der Waals surface area contributed by atoms with Crippen LogP contribution in [0.2, 0.25) is 0 Å². The second-order valence-corrected chi connectivity index (χ2v) is 4.58. The van der Waals surface area contributed by atoms with Crippen molar-refractivity contribution in [3.8, 4) is 0 Å². The maximum absolute atomic E-state index is 10.6. The molecule has 0 amide bonds. The summed E-state index contributed by atoms with van der Waals surface area (Å²) in [5.41, 5.74) is 0. The third-order valence-corrected chi connectivity index (χ3v) is 3.23. The number of hydroxylamine groups is 3. The largest absolute Gasteiger partial charge is 0.442 e. The summed E-state index contributed by atoms with van der Waals surface area (Å²) in [6.45, 7) is 4.44. The van der Waals surface area contributed by atoms with Gasteiger partial charge in [0, 0.05) is 0 Å². The van der Waals surface area contributed by atoms with Crippen LogP contribution in [0.5, 0.6) is 0 Å². The standard InChI is InChI=1S/C6H12N2O4S/c9-13(10,11)12-8-4-1-7(2-5-8)3-6-8/h1-6H2/p+1. The van der Waals surface area contributed by atoms with Gasteiger partial charge in [0.1, 0.15) is 19.6 Å². The van der Waals surface area contributed by atoms with Crippen molar-refractivity contribution in [3.63, 3.8) is 0 Å². The number of fused-ring (bicyclic) bond motifs is 3. The molecule has 6 nitrogen and oxygen atoms in total. The Morgan fingerprint density at radius 1 is 1.15 bits per heavy atom. The fourth-order valence-electron chi connectivity index (χ4n) is 1.95. The van der Waals surface area contributed by atoms with E-state index in [1.165, 1.54) is 0 Å². The van der Waals surface area contributed by atoms with Crippen LogP contribution >= 0.6 is 0 Å². The minimum atomic E-state index is -4.32. The lowest BCUT2D eigenvalue weighted by atomic mass is 10.2. The lowest BCUT2D eigenvalue weighted by Crippen LogP contribution is -2.67. The molecular formula is C6H13N2O4S+. The fraction of sp³-hybridized carbons (Fsp3) is 1.00. The highest BCUT2D eigenvalue weighted by Crippen LogP contribution is 2.21. The molecule has 1 N–H and O–H groups in total. The van der Waals surface area contributed by atoms with Gasteiger partial charge in [-0.15, -0.1) is 0 Å². The van der Waals surface area contributed by atoms with Gasteiger partial charge in [-0.1, -0.05) is 0 Å². The maximum atomic E-state index is 10.6. The quantitative estimate of drug-likeness (QED) is 0.460. The molecule has 0 atom stereocenters. The monoisotopic (exact) mass is 209 g/mol. The van der Waals surface area contributed by atoms with Gasteiger partial charge in [-0.05, 0) is 4.28 Å². The Labute approximate surface area is 77.2 Å². The van der Waals surface area contributed by atoms with E-state index < -0.39 is 10.4 Å². The normalized spacial score (nSPS) is 39.3. The van der Waals surface area contributed by atoms with Crippen molar-refractivity contribution in [2.24, 2.45) is 0 Å². The first-order chi connectivity index (χ1) is 5.99. The second-order valence-electron chi connectivity index (χ2n) is 3.57. The van der Waals surface area contributed by atoms with Gasteiger partial charge >= 0.3 is 10.4 Å². The first-order valence-corrected chi connectivity index (χ1v) is 5.63. The molecular weight excluding hydrogens is 196 g/mol. The van der Waals surface area contributed by atoms with Crippen molar-refractivity contribution in [1.82, 2.24) is 4.90 Å². The van der Waals surface area contributed by atoms with E-state index in [1.807, 2.05) is 0 Å². The summed E-state index contributed by atoms with van der Waals surface area (Å²) in [4.78, 5) is 2.26. The van der Waals surface area contributed by atoms with E-state index in [-0.39, 0.29) is 4.65 Å². The van der Waals surface area contributed by atoms with Crippen LogP contribution in [0.1, 0.15) is 0 Å². The zero-order valence-electron chi connectivity index (χ0n) is 7.22. The Morgan fingerprint density at radius 2 is 1.62 bits per heavy atom. The Morgan fingerprint density at radius 3 is 2.00 bits per heavy atom. The summed E-state index contributed by atoms with van der Waals surface area (Å²) in [5, 5.41) is 0. The average molecular weight is 209 g/mol. The third-order valence-electron chi connectivity index (χ3n) is 2.72. The van der Waals surface area contributed by atoms with Crippen LogP contribution in [0.25, 0.3) is 0 Å². The predicted octanol–water partition coefficient (Wildman–Crippen LogP) is -1.13. The van der Waals surface area contributed by atoms with Crippen LogP contribution in [-0.2, 0) is 14.7 Å². The second kappa shape index (κ2) is 2.89. The minimum absolute atomic E-state index is 0.0648. The number of hydrogen-bond donors (Lipinski definition) is 1. The van der Waals surface area contributed by atoms with Crippen LogP contribution < -0.4 is 0 Å². The number of nitrogens with zero attached hydrogens (tertiary/aromatic N) is 2. The fourth-order valence-corrected chi connectivity index (χ4v) is 2.58. The molecule has 3 aliphatic heterocycles. The SMILES string of the molecule is O=S(=O)(O)O[N+]12CCN(CC1)CC2. The van der Waals surface area contributed by atoms with E-state index in [2.05, 4.69) is 4.90 Å². The van der Waals surface area contributed by atoms with Gasteiger partial charge in [0.2, 0.25) is 0 Å². The minimum Gasteiger partial charge on any atom is -0.286 e. The van der Waals surface area contributed by atoms with Crippen molar-refractivity contribution in [3.05, 3.63) is 0 Å². The lowest BCUT2D eigenvalue weighted by molar-refractivity contribution is -1.09. The van der Waals surface area contributed by atoms with Crippen molar-refractivity contribution >= 4 is 10.4 Å². The molecule has 0 unspecified atom stereocenters. The molecule has 3 aliphatic rings. The highest BCUT2D eigenvalue weighted by Gasteiger charge is 2.43. The molecule has 3 fully saturated rings. The molecule has 0 spiro atoms. The number of hydrogen-bond acceptors (Lipinski definition) is 4. The van der Waals surface area contributed by atoms with Gasteiger partial charge < -0.3 is 0 Å². The predicted molar refractivity (Wildman–Crippen MR) is 43.9 cm³/mol. The average Bonchev–Trinajstić information content (AvgIpc) is 2.03. The molecule has 3 rings (SSSR count). The van der Waals surface area contributed by atoms with Gasteiger partial charge in [0.15, 0.2) is 0 Å². The van der Waals surface area contributed by atoms with Crippen LogP contribution in [0.15, 0.2) is 0 Å². The molecule has 2 bridgehead atoms. The van der Waals surface area contributed by atoms with Gasteiger partial charge in [0.05, 0.1) is 19.6 Å². The van der Waals surface area contributed by atoms with Crippen LogP contribution in [0.4, 0.5) is 0 Å². The lowest BCUT2D eigenvalue weighted by Gasteiger charge is -2.45. The molecule has 0 aromatic rings. The Balaban J connectivity index is 2.11. The summed E-state index contributed by atoms with van der Waals surface area (Å²) >= 11 is 0. The van der Waals surface area contributed by atoms with E-state index in [0.29, 0.717) is 19.6 Å². The molecule has 0 aliphatic carbocycles. The highest BCUT2D eigenvalue weighted by atomic mass is 32.3. The Bertz CT molecular complexity index is 280. The van der Waals surface area contributed by atoms with E-state index in [1.54, 1.807) is 0 Å². The molecule has 0 aromatic carbocycles. The maximum Gasteiger partial charge on any atom is 0.442 e. The van der Waals surface area contributed by atoms with Gasteiger partial charge in [-0.3, -0.25) is 9.45 Å². The summed E-state index contributed by atoms with van der Waals surface area (Å²) in [6.07, 6.45) is 0. The van der Waals surface area contributed by atoms with Crippen molar-refractivity contribution < 1.29 is 21.9 Å². The smallest absolute Gasteiger partial charge is 0.286 e. The van der Waals surface area contributed by atoms with Gasteiger partial charge in [0.25, 0.3) is 0 Å². The molecule has 7 heteroatoms. The van der Waals surface area contributed by atoms with Crippen LogP contribution in [0.3, 0.4) is 0 Å². The topological polar surface area (TPSA) is 66.8 Å². The zero-order valence-corrected chi connectivity index (χ0v) is 8.03. The molecule has 3 saturated heterocycles. The summed E-state index contributed by atoms with van der Waals surface area (Å²) in [6, 6.07) is 0. The van der Waals surface area contributed by atoms with Crippen molar-refractivity contribution in [2.45, 2.75) is 0 Å². The molecule has 0 aromatic heterocycles. The number of rotatable bonds is 2. The molecule has 0 radical (unpaired) electrons. The molecule has 0 saturated carbocycles. The van der Waals surface area contributed by atoms with Crippen molar-refractivity contribution in [2.75, 3.05) is 39.3 Å². The summed E-state index contributed by atoms with van der Waals surface area (Å²) in [7, 11) is -4.32. The van der Waals surface area contributed by atoms with Gasteiger partial charge in [-0.25, -0.2) is 0 Å². The highest BCUT2D eigenvalue weighted by molar-refractivity contribution is 7.80. The Hall–Kier alpha value is -0.210. The van der Waals surface area contributed by atoms with E-state index in [4.69, 9.17) is 8.84 Å². The first-order valence-electron chi connectivity index (χ1n) is 4.26. The molecule has 3 heterocycles. The summed E-state index contributed by atoms with van der Waals surface area (Å²) in [5.74, 6) is 0. The molecule has 13 heavy (non-hydrogen) atoms. The molecule has 76 valence electrons.